The monoisotopic (exact) mass is 144 g/mol. The fourth-order valence-corrected chi connectivity index (χ4v) is 0.977. The van der Waals surface area contributed by atoms with Crippen LogP contribution in [0.4, 0.5) is 0 Å². The number of rotatable bonds is 5. The van der Waals surface area contributed by atoms with Gasteiger partial charge in [-0.3, -0.25) is 0 Å². The zero-order valence-corrected chi connectivity index (χ0v) is 6.92. The van der Waals surface area contributed by atoms with E-state index in [9.17, 15) is 0 Å². The van der Waals surface area contributed by atoms with Crippen LogP contribution in [-0.2, 0) is 0 Å². The van der Waals surface area contributed by atoms with Gasteiger partial charge in [-0.25, -0.2) is 0 Å². The highest BCUT2D eigenvalue weighted by Crippen LogP contribution is 1.98. The van der Waals surface area contributed by atoms with Crippen molar-refractivity contribution < 1.29 is 0 Å². The van der Waals surface area contributed by atoms with Gasteiger partial charge in [-0.05, 0) is 12.8 Å². The van der Waals surface area contributed by atoms with Crippen molar-refractivity contribution in [3.63, 3.8) is 0 Å². The normalized spacial score (nSPS) is 12.7. The molecule has 0 saturated heterocycles. The van der Waals surface area contributed by atoms with Crippen LogP contribution in [-0.4, -0.2) is 11.5 Å². The molecule has 2 heteroatoms. The van der Waals surface area contributed by atoms with E-state index in [4.69, 9.17) is 0 Å². The average Bonchev–Trinajstić information content (AvgIpc) is 1.88. The molecule has 0 heterocycles. The Labute approximate surface area is 62.8 Å². The van der Waals surface area contributed by atoms with Crippen LogP contribution in [0.25, 0.3) is 0 Å². The summed E-state index contributed by atoms with van der Waals surface area (Å²) >= 11 is 4.55. The van der Waals surface area contributed by atoms with Crippen LogP contribution >= 0.6 is 12.2 Å². The van der Waals surface area contributed by atoms with Crippen LogP contribution < -0.4 is 5.32 Å². The highest BCUT2D eigenvalue weighted by Gasteiger charge is 1.99. The Bertz CT molecular complexity index is 73.3. The van der Waals surface area contributed by atoms with Gasteiger partial charge in [-0.1, -0.05) is 32.5 Å². The third-order valence-electron chi connectivity index (χ3n) is 1.39. The van der Waals surface area contributed by atoms with E-state index in [2.05, 4.69) is 36.9 Å². The average molecular weight is 144 g/mol. The van der Waals surface area contributed by atoms with Gasteiger partial charge in [0, 0.05) is 6.04 Å². The van der Waals surface area contributed by atoms with Crippen molar-refractivity contribution in [3.8, 4) is 0 Å². The highest BCUT2D eigenvalue weighted by atomic mass is 32.1. The summed E-state index contributed by atoms with van der Waals surface area (Å²) in [6.07, 6.45) is 3.54. The Morgan fingerprint density at radius 1 is 1.56 bits per heavy atom. The molecule has 1 unspecified atom stereocenters. The van der Waals surface area contributed by atoms with Crippen molar-refractivity contribution in [2.75, 3.05) is 0 Å². The molecule has 0 bridgehead atoms. The van der Waals surface area contributed by atoms with E-state index in [-0.39, 0.29) is 0 Å². The quantitative estimate of drug-likeness (QED) is 0.468. The SMILES string of the molecule is CCCC(CC)N[C]=S. The molecule has 0 aromatic heterocycles. The van der Waals surface area contributed by atoms with Crippen molar-refractivity contribution in [1.29, 1.82) is 0 Å². The molecule has 0 aromatic carbocycles. The number of hydrogen-bond donors (Lipinski definition) is 1. The summed E-state index contributed by atoms with van der Waals surface area (Å²) in [4.78, 5) is 0. The molecule has 0 spiro atoms. The van der Waals surface area contributed by atoms with Gasteiger partial charge in [0.1, 0.15) is 5.49 Å². The van der Waals surface area contributed by atoms with Crippen LogP contribution in [0, 0.1) is 0 Å². The Hall–Kier alpha value is -0.110. The van der Waals surface area contributed by atoms with Crippen LogP contribution in [0.2, 0.25) is 0 Å². The molecule has 0 aromatic rings. The van der Waals surface area contributed by atoms with E-state index in [1.165, 1.54) is 12.8 Å². The van der Waals surface area contributed by atoms with Gasteiger partial charge in [-0.2, -0.15) is 0 Å². The Kier molecular flexibility index (Phi) is 5.94. The maximum atomic E-state index is 4.55. The summed E-state index contributed by atoms with van der Waals surface area (Å²) in [7, 11) is 0. The molecule has 53 valence electrons. The molecular formula is C7H14NS. The Balaban J connectivity index is 3.28. The largest absolute Gasteiger partial charge is 0.371 e. The van der Waals surface area contributed by atoms with E-state index in [1.807, 2.05) is 0 Å². The summed E-state index contributed by atoms with van der Waals surface area (Å²) in [6.45, 7) is 4.33. The summed E-state index contributed by atoms with van der Waals surface area (Å²) in [5.41, 5.74) is 2.54. The molecule has 0 aliphatic carbocycles. The van der Waals surface area contributed by atoms with E-state index in [0.29, 0.717) is 6.04 Å². The second kappa shape index (κ2) is 6.02. The molecule has 0 aliphatic heterocycles. The lowest BCUT2D eigenvalue weighted by Gasteiger charge is -2.11. The number of nitrogens with one attached hydrogen (secondary N) is 1. The van der Waals surface area contributed by atoms with Crippen molar-refractivity contribution in [1.82, 2.24) is 5.32 Å². The molecule has 1 N–H and O–H groups in total. The van der Waals surface area contributed by atoms with Gasteiger partial charge in [0.15, 0.2) is 0 Å². The number of thiocarbonyl (C=S) groups is 1. The minimum Gasteiger partial charge on any atom is -0.371 e. The maximum absolute atomic E-state index is 4.55. The van der Waals surface area contributed by atoms with Crippen molar-refractivity contribution in [3.05, 3.63) is 0 Å². The molecule has 0 fully saturated rings. The van der Waals surface area contributed by atoms with Crippen LogP contribution in [0.15, 0.2) is 0 Å². The zero-order valence-electron chi connectivity index (χ0n) is 6.11. The second-order valence-electron chi connectivity index (χ2n) is 2.14. The topological polar surface area (TPSA) is 12.0 Å². The van der Waals surface area contributed by atoms with Gasteiger partial charge < -0.3 is 5.32 Å². The van der Waals surface area contributed by atoms with Crippen molar-refractivity contribution in [2.45, 2.75) is 39.2 Å². The van der Waals surface area contributed by atoms with Gasteiger partial charge in [-0.15, -0.1) is 0 Å². The summed E-state index contributed by atoms with van der Waals surface area (Å²) in [5, 5.41) is 3.00. The van der Waals surface area contributed by atoms with E-state index in [0.717, 1.165) is 6.42 Å². The molecule has 0 amide bonds. The predicted octanol–water partition coefficient (Wildman–Crippen LogP) is 1.99. The van der Waals surface area contributed by atoms with Crippen molar-refractivity contribution in [2.24, 2.45) is 0 Å². The predicted molar refractivity (Wildman–Crippen MR) is 44.7 cm³/mol. The minimum absolute atomic E-state index is 0.549. The van der Waals surface area contributed by atoms with E-state index < -0.39 is 0 Å². The summed E-state index contributed by atoms with van der Waals surface area (Å²) < 4.78 is 0. The first kappa shape index (κ1) is 8.89. The lowest BCUT2D eigenvalue weighted by atomic mass is 10.1. The van der Waals surface area contributed by atoms with E-state index >= 15 is 0 Å². The fourth-order valence-electron chi connectivity index (χ4n) is 0.810. The van der Waals surface area contributed by atoms with Crippen LogP contribution in [0.1, 0.15) is 33.1 Å². The standard InChI is InChI=1S/C7H14NS/c1-3-5-7(4-2)8-6-9/h7H,3-5H2,1-2H3,(H,8,9). The first-order chi connectivity index (χ1) is 4.35. The third kappa shape index (κ3) is 4.40. The maximum Gasteiger partial charge on any atom is 0.134 e. The molecule has 1 radical (unpaired) electrons. The lowest BCUT2D eigenvalue weighted by Crippen LogP contribution is -2.25. The minimum atomic E-state index is 0.549. The second-order valence-corrected chi connectivity index (χ2v) is 2.34. The van der Waals surface area contributed by atoms with Gasteiger partial charge in [0.05, 0.1) is 0 Å². The third-order valence-corrected chi connectivity index (χ3v) is 1.51. The van der Waals surface area contributed by atoms with E-state index in [1.54, 1.807) is 0 Å². The first-order valence-electron chi connectivity index (χ1n) is 3.47. The number of hydrogen-bond acceptors (Lipinski definition) is 1. The zero-order chi connectivity index (χ0) is 7.11. The summed E-state index contributed by atoms with van der Waals surface area (Å²) in [5.74, 6) is 0. The molecule has 0 saturated carbocycles. The van der Waals surface area contributed by atoms with Crippen LogP contribution in [0.3, 0.4) is 0 Å². The fraction of sp³-hybridized carbons (Fsp3) is 0.857. The molecule has 0 rings (SSSR count). The molecular weight excluding hydrogens is 130 g/mol. The van der Waals surface area contributed by atoms with Crippen molar-refractivity contribution >= 4 is 17.7 Å². The summed E-state index contributed by atoms with van der Waals surface area (Å²) in [6, 6.07) is 0.549. The Morgan fingerprint density at radius 2 is 2.22 bits per heavy atom. The highest BCUT2D eigenvalue weighted by molar-refractivity contribution is 7.78. The van der Waals surface area contributed by atoms with Crippen LogP contribution in [0.5, 0.6) is 0 Å². The molecule has 1 nitrogen and oxygen atoms in total. The lowest BCUT2D eigenvalue weighted by molar-refractivity contribution is 0.543. The van der Waals surface area contributed by atoms with Gasteiger partial charge in [0.25, 0.3) is 0 Å². The molecule has 9 heavy (non-hydrogen) atoms. The van der Waals surface area contributed by atoms with Gasteiger partial charge in [0.2, 0.25) is 0 Å². The van der Waals surface area contributed by atoms with Gasteiger partial charge >= 0.3 is 0 Å². The Morgan fingerprint density at radius 3 is 2.56 bits per heavy atom. The first-order valence-corrected chi connectivity index (χ1v) is 3.88. The molecule has 0 aliphatic rings. The smallest absolute Gasteiger partial charge is 0.134 e. The molecule has 1 atom stereocenters.